The van der Waals surface area contributed by atoms with Crippen molar-refractivity contribution >= 4 is 11.8 Å². The highest BCUT2D eigenvalue weighted by Gasteiger charge is 2.23. The van der Waals surface area contributed by atoms with Gasteiger partial charge in [0.25, 0.3) is 0 Å². The molecule has 2 amide bonds. The van der Waals surface area contributed by atoms with Crippen LogP contribution in [-0.4, -0.2) is 16.8 Å². The van der Waals surface area contributed by atoms with Crippen LogP contribution in [0.25, 0.3) is 0 Å². The molecular weight excluding hydrogens is 264 g/mol. The summed E-state index contributed by atoms with van der Waals surface area (Å²) in [6.45, 7) is 0.426. The summed E-state index contributed by atoms with van der Waals surface area (Å²) in [6, 6.07) is 17.3. The number of hydrogen-bond acceptors (Lipinski definition) is 2. The minimum absolute atomic E-state index is 0.0740. The normalized spacial score (nSPS) is 13.7. The zero-order valence-corrected chi connectivity index (χ0v) is 11.6. The molecule has 1 aliphatic rings. The highest BCUT2D eigenvalue weighted by molar-refractivity contribution is 5.85. The molecule has 1 N–H and O–H groups in total. The molecule has 4 heteroatoms. The maximum absolute atomic E-state index is 12.1. The maximum atomic E-state index is 12.1. The van der Waals surface area contributed by atoms with E-state index in [1.807, 2.05) is 54.6 Å². The van der Waals surface area contributed by atoms with Crippen LogP contribution in [0.2, 0.25) is 0 Å². The van der Waals surface area contributed by atoms with Gasteiger partial charge in [-0.05, 0) is 16.7 Å². The number of nitrogens with zero attached hydrogens (tertiary/aromatic N) is 1. The predicted molar refractivity (Wildman–Crippen MR) is 79.0 cm³/mol. The van der Waals surface area contributed by atoms with E-state index >= 15 is 0 Å². The summed E-state index contributed by atoms with van der Waals surface area (Å²) < 4.78 is 0. The lowest BCUT2D eigenvalue weighted by atomic mass is 10.0. The Labute approximate surface area is 123 Å². The second-order valence-corrected chi connectivity index (χ2v) is 5.12. The maximum Gasteiger partial charge on any atom is 0.245 e. The standard InChI is InChI=1S/C17H16N2O2/c20-16(10-13-6-2-1-3-7-13)18-19-12-15-9-5-4-8-14(15)11-17(19)21/h1-9H,10-12H2,(H,18,20). The molecule has 0 unspecified atom stereocenters. The quantitative estimate of drug-likeness (QED) is 0.932. The van der Waals surface area contributed by atoms with Crippen molar-refractivity contribution < 1.29 is 9.59 Å². The fourth-order valence-corrected chi connectivity index (χ4v) is 2.47. The van der Waals surface area contributed by atoms with Gasteiger partial charge in [0.15, 0.2) is 0 Å². The molecule has 0 bridgehead atoms. The fourth-order valence-electron chi connectivity index (χ4n) is 2.47. The van der Waals surface area contributed by atoms with Crippen LogP contribution in [0.1, 0.15) is 16.7 Å². The first-order valence-corrected chi connectivity index (χ1v) is 6.93. The Kier molecular flexibility index (Phi) is 3.69. The Morgan fingerprint density at radius 2 is 1.67 bits per heavy atom. The molecule has 4 nitrogen and oxygen atoms in total. The number of amides is 2. The largest absolute Gasteiger partial charge is 0.273 e. The SMILES string of the molecule is O=C(Cc1ccccc1)NN1Cc2ccccc2CC1=O. The van der Waals surface area contributed by atoms with Crippen molar-refractivity contribution in [2.45, 2.75) is 19.4 Å². The molecule has 3 rings (SSSR count). The van der Waals surface area contributed by atoms with E-state index in [1.165, 1.54) is 5.01 Å². The van der Waals surface area contributed by atoms with Crippen LogP contribution in [-0.2, 0) is 29.0 Å². The number of hydrogen-bond donors (Lipinski definition) is 1. The van der Waals surface area contributed by atoms with E-state index in [9.17, 15) is 9.59 Å². The van der Waals surface area contributed by atoms with Gasteiger partial charge >= 0.3 is 0 Å². The van der Waals surface area contributed by atoms with Crippen LogP contribution in [0, 0.1) is 0 Å². The molecule has 0 spiro atoms. The summed E-state index contributed by atoms with van der Waals surface area (Å²) in [5, 5.41) is 1.41. The van der Waals surface area contributed by atoms with E-state index in [0.717, 1.165) is 16.7 Å². The van der Waals surface area contributed by atoms with Crippen molar-refractivity contribution in [1.29, 1.82) is 0 Å². The highest BCUT2D eigenvalue weighted by Crippen LogP contribution is 2.18. The minimum Gasteiger partial charge on any atom is -0.273 e. The van der Waals surface area contributed by atoms with Gasteiger partial charge in [0.05, 0.1) is 19.4 Å². The summed E-state index contributed by atoms with van der Waals surface area (Å²) in [5.41, 5.74) is 5.75. The van der Waals surface area contributed by atoms with Crippen LogP contribution >= 0.6 is 0 Å². The number of hydrazine groups is 1. The molecule has 21 heavy (non-hydrogen) atoms. The summed E-state index contributed by atoms with van der Waals surface area (Å²) >= 11 is 0. The number of benzene rings is 2. The van der Waals surface area contributed by atoms with Crippen LogP contribution in [0.5, 0.6) is 0 Å². The molecule has 106 valence electrons. The van der Waals surface area contributed by atoms with Crippen molar-refractivity contribution in [3.63, 3.8) is 0 Å². The van der Waals surface area contributed by atoms with E-state index in [4.69, 9.17) is 0 Å². The van der Waals surface area contributed by atoms with E-state index < -0.39 is 0 Å². The van der Waals surface area contributed by atoms with Gasteiger partial charge in [-0.3, -0.25) is 15.0 Å². The first kappa shape index (κ1) is 13.4. The molecule has 0 saturated heterocycles. The van der Waals surface area contributed by atoms with Crippen molar-refractivity contribution in [3.8, 4) is 0 Å². The van der Waals surface area contributed by atoms with Gasteiger partial charge in [-0.25, -0.2) is 5.01 Å². The Hall–Kier alpha value is -2.62. The Morgan fingerprint density at radius 1 is 1.00 bits per heavy atom. The van der Waals surface area contributed by atoms with Gasteiger partial charge in [0, 0.05) is 0 Å². The molecule has 1 heterocycles. The smallest absolute Gasteiger partial charge is 0.245 e. The van der Waals surface area contributed by atoms with Crippen LogP contribution in [0.4, 0.5) is 0 Å². The summed E-state index contributed by atoms with van der Waals surface area (Å²) in [5.74, 6) is -0.246. The predicted octanol–water partition coefficient (Wildman–Crippen LogP) is 1.85. The van der Waals surface area contributed by atoms with Gasteiger partial charge < -0.3 is 0 Å². The molecule has 2 aromatic rings. The first-order valence-electron chi connectivity index (χ1n) is 6.93. The molecule has 2 aromatic carbocycles. The highest BCUT2D eigenvalue weighted by atomic mass is 16.2. The number of carbonyl (C=O) groups excluding carboxylic acids is 2. The number of fused-ring (bicyclic) bond motifs is 1. The van der Waals surface area contributed by atoms with E-state index in [-0.39, 0.29) is 18.2 Å². The number of rotatable bonds is 3. The monoisotopic (exact) mass is 280 g/mol. The molecular formula is C17H16N2O2. The van der Waals surface area contributed by atoms with Crippen LogP contribution in [0.15, 0.2) is 54.6 Å². The number of carbonyl (C=O) groups is 2. The molecule has 1 aliphatic heterocycles. The summed E-state index contributed by atoms with van der Waals surface area (Å²) in [6.07, 6.45) is 0.605. The topological polar surface area (TPSA) is 49.4 Å². The summed E-state index contributed by atoms with van der Waals surface area (Å²) in [7, 11) is 0. The molecule has 0 aromatic heterocycles. The molecule has 0 saturated carbocycles. The second-order valence-electron chi connectivity index (χ2n) is 5.12. The third-order valence-corrected chi connectivity index (χ3v) is 3.56. The lowest BCUT2D eigenvalue weighted by molar-refractivity contribution is -0.142. The Bertz CT molecular complexity index is 668. The Balaban J connectivity index is 1.65. The average Bonchev–Trinajstić information content (AvgIpc) is 2.49. The van der Waals surface area contributed by atoms with Gasteiger partial charge in [0.1, 0.15) is 0 Å². The van der Waals surface area contributed by atoms with Gasteiger partial charge in [0.2, 0.25) is 11.8 Å². The molecule has 0 aliphatic carbocycles. The zero-order chi connectivity index (χ0) is 14.7. The van der Waals surface area contributed by atoms with Crippen molar-refractivity contribution in [2.24, 2.45) is 0 Å². The van der Waals surface area contributed by atoms with E-state index in [1.54, 1.807) is 0 Å². The van der Waals surface area contributed by atoms with Crippen LogP contribution in [0.3, 0.4) is 0 Å². The molecule has 0 atom stereocenters. The van der Waals surface area contributed by atoms with Crippen molar-refractivity contribution in [2.75, 3.05) is 0 Å². The first-order chi connectivity index (χ1) is 10.2. The molecule has 0 fully saturated rings. The second kappa shape index (κ2) is 5.79. The fraction of sp³-hybridized carbons (Fsp3) is 0.176. The average molecular weight is 280 g/mol. The Morgan fingerprint density at radius 3 is 2.43 bits per heavy atom. The molecule has 0 radical (unpaired) electrons. The summed E-state index contributed by atoms with van der Waals surface area (Å²) in [4.78, 5) is 24.1. The van der Waals surface area contributed by atoms with Gasteiger partial charge in [-0.1, -0.05) is 54.6 Å². The third-order valence-electron chi connectivity index (χ3n) is 3.56. The van der Waals surface area contributed by atoms with Crippen molar-refractivity contribution in [3.05, 3.63) is 71.3 Å². The van der Waals surface area contributed by atoms with Gasteiger partial charge in [-0.2, -0.15) is 0 Å². The zero-order valence-electron chi connectivity index (χ0n) is 11.6. The van der Waals surface area contributed by atoms with Crippen molar-refractivity contribution in [1.82, 2.24) is 10.4 Å². The van der Waals surface area contributed by atoms with Gasteiger partial charge in [-0.15, -0.1) is 0 Å². The lowest BCUT2D eigenvalue weighted by Crippen LogP contribution is -2.48. The van der Waals surface area contributed by atoms with Crippen LogP contribution < -0.4 is 5.43 Å². The van der Waals surface area contributed by atoms with E-state index in [2.05, 4.69) is 5.43 Å². The third kappa shape index (κ3) is 3.11. The lowest BCUT2D eigenvalue weighted by Gasteiger charge is -2.28. The minimum atomic E-state index is -0.172. The number of nitrogens with one attached hydrogen (secondary N) is 1. The van der Waals surface area contributed by atoms with E-state index in [0.29, 0.717) is 13.0 Å².